The molecular weight excluding hydrogens is 407 g/mol. The molecule has 32 heavy (non-hydrogen) atoms. The SMILES string of the molecule is C=CC[C@]1(c2ccc(F)cc2)CCN(C(C)c2ccc(-c3ccc(=O)[nH]c3)cc2)C(=O)O1. The molecule has 1 aliphatic heterocycles. The van der Waals surface area contributed by atoms with E-state index in [2.05, 4.69) is 11.6 Å². The molecule has 4 rings (SSSR count). The minimum Gasteiger partial charge on any atom is -0.437 e. The van der Waals surface area contributed by atoms with E-state index in [1.807, 2.05) is 31.2 Å². The number of aromatic nitrogens is 1. The number of carbonyl (C=O) groups is 1. The lowest BCUT2D eigenvalue weighted by molar-refractivity contribution is -0.0588. The van der Waals surface area contributed by atoms with E-state index in [0.29, 0.717) is 19.4 Å². The Labute approximate surface area is 186 Å². The Kier molecular flexibility index (Phi) is 5.95. The predicted molar refractivity (Wildman–Crippen MR) is 122 cm³/mol. The summed E-state index contributed by atoms with van der Waals surface area (Å²) in [6, 6.07) is 17.1. The van der Waals surface area contributed by atoms with Crippen LogP contribution in [0, 0.1) is 5.82 Å². The predicted octanol–water partition coefficient (Wildman–Crippen LogP) is 5.56. The molecule has 0 spiro atoms. The number of cyclic esters (lactones) is 1. The fourth-order valence-electron chi connectivity index (χ4n) is 4.20. The Morgan fingerprint density at radius 1 is 1.09 bits per heavy atom. The maximum absolute atomic E-state index is 13.4. The van der Waals surface area contributed by atoms with Gasteiger partial charge in [-0.15, -0.1) is 6.58 Å². The molecule has 1 N–H and O–H groups in total. The van der Waals surface area contributed by atoms with Crippen molar-refractivity contribution in [3.63, 3.8) is 0 Å². The molecule has 0 radical (unpaired) electrons. The molecule has 0 aliphatic carbocycles. The zero-order chi connectivity index (χ0) is 22.7. The molecule has 1 aliphatic rings. The lowest BCUT2D eigenvalue weighted by Crippen LogP contribution is -2.48. The van der Waals surface area contributed by atoms with Crippen LogP contribution in [0.1, 0.15) is 36.9 Å². The third kappa shape index (κ3) is 4.21. The maximum atomic E-state index is 13.4. The summed E-state index contributed by atoms with van der Waals surface area (Å²) in [6.07, 6.45) is 4.04. The van der Waals surface area contributed by atoms with Crippen LogP contribution in [0.4, 0.5) is 9.18 Å². The Morgan fingerprint density at radius 2 is 1.78 bits per heavy atom. The van der Waals surface area contributed by atoms with Gasteiger partial charge in [-0.25, -0.2) is 9.18 Å². The largest absolute Gasteiger partial charge is 0.437 e. The van der Waals surface area contributed by atoms with Gasteiger partial charge in [0.15, 0.2) is 0 Å². The van der Waals surface area contributed by atoms with Crippen molar-refractivity contribution in [1.29, 1.82) is 0 Å². The first-order chi connectivity index (χ1) is 15.4. The number of carbonyl (C=O) groups excluding carboxylic acids is 1. The normalized spacial score (nSPS) is 19.3. The summed E-state index contributed by atoms with van der Waals surface area (Å²) in [5.41, 5.74) is 2.65. The smallest absolute Gasteiger partial charge is 0.411 e. The molecule has 2 atom stereocenters. The van der Waals surface area contributed by atoms with Gasteiger partial charge < -0.3 is 14.6 Å². The summed E-state index contributed by atoms with van der Waals surface area (Å²) >= 11 is 0. The Morgan fingerprint density at radius 3 is 2.38 bits per heavy atom. The first-order valence-electron chi connectivity index (χ1n) is 10.6. The Hall–Kier alpha value is -3.67. The van der Waals surface area contributed by atoms with Crippen LogP contribution in [0.3, 0.4) is 0 Å². The summed E-state index contributed by atoms with van der Waals surface area (Å²) in [5.74, 6) is -0.329. The molecule has 6 heteroatoms. The summed E-state index contributed by atoms with van der Waals surface area (Å²) in [6.45, 7) is 6.28. The average molecular weight is 432 g/mol. The van der Waals surface area contributed by atoms with E-state index in [1.54, 1.807) is 35.4 Å². The Balaban J connectivity index is 1.52. The molecule has 2 aromatic carbocycles. The van der Waals surface area contributed by atoms with Crippen LogP contribution < -0.4 is 5.56 Å². The number of halogens is 1. The number of pyridine rings is 1. The maximum Gasteiger partial charge on any atom is 0.411 e. The van der Waals surface area contributed by atoms with Crippen molar-refractivity contribution in [2.24, 2.45) is 0 Å². The van der Waals surface area contributed by atoms with Crippen LogP contribution in [0.2, 0.25) is 0 Å². The molecule has 3 aromatic rings. The van der Waals surface area contributed by atoms with Gasteiger partial charge in [0, 0.05) is 31.6 Å². The summed E-state index contributed by atoms with van der Waals surface area (Å²) in [4.78, 5) is 28.7. The summed E-state index contributed by atoms with van der Waals surface area (Å²) in [5, 5.41) is 0. The van der Waals surface area contributed by atoms with Gasteiger partial charge in [-0.3, -0.25) is 4.79 Å². The number of amides is 1. The van der Waals surface area contributed by atoms with Crippen molar-refractivity contribution in [2.75, 3.05) is 6.54 Å². The van der Waals surface area contributed by atoms with E-state index in [0.717, 1.165) is 22.3 Å². The Bertz CT molecular complexity index is 1150. The number of nitrogens with zero attached hydrogens (tertiary/aromatic N) is 1. The third-order valence-electron chi connectivity index (χ3n) is 6.10. The van der Waals surface area contributed by atoms with E-state index >= 15 is 0 Å². The molecule has 0 bridgehead atoms. The first kappa shape index (κ1) is 21.6. The van der Waals surface area contributed by atoms with Gasteiger partial charge in [-0.2, -0.15) is 0 Å². The highest BCUT2D eigenvalue weighted by Crippen LogP contribution is 2.40. The highest BCUT2D eigenvalue weighted by molar-refractivity contribution is 5.70. The zero-order valence-corrected chi connectivity index (χ0v) is 17.9. The highest BCUT2D eigenvalue weighted by atomic mass is 19.1. The second kappa shape index (κ2) is 8.83. The zero-order valence-electron chi connectivity index (χ0n) is 17.9. The van der Waals surface area contributed by atoms with Gasteiger partial charge in [0.1, 0.15) is 11.4 Å². The molecule has 5 nitrogen and oxygen atoms in total. The number of aromatic amines is 1. The lowest BCUT2D eigenvalue weighted by Gasteiger charge is -2.43. The van der Waals surface area contributed by atoms with E-state index < -0.39 is 11.7 Å². The fourth-order valence-corrected chi connectivity index (χ4v) is 4.20. The molecule has 0 saturated carbocycles. The molecule has 2 heterocycles. The van der Waals surface area contributed by atoms with Crippen molar-refractivity contribution in [2.45, 2.75) is 31.4 Å². The number of hydrogen-bond donors (Lipinski definition) is 1. The number of benzene rings is 2. The summed E-state index contributed by atoms with van der Waals surface area (Å²) < 4.78 is 19.4. The van der Waals surface area contributed by atoms with E-state index in [1.165, 1.54) is 18.2 Å². The van der Waals surface area contributed by atoms with Crippen LogP contribution in [0.5, 0.6) is 0 Å². The van der Waals surface area contributed by atoms with Gasteiger partial charge in [0.2, 0.25) is 5.56 Å². The average Bonchev–Trinajstić information content (AvgIpc) is 2.80. The second-order valence-electron chi connectivity index (χ2n) is 8.04. The van der Waals surface area contributed by atoms with Crippen LogP contribution in [0.15, 0.2) is 84.3 Å². The monoisotopic (exact) mass is 432 g/mol. The van der Waals surface area contributed by atoms with Crippen molar-refractivity contribution in [1.82, 2.24) is 9.88 Å². The van der Waals surface area contributed by atoms with Crippen molar-refractivity contribution in [3.05, 3.63) is 107 Å². The van der Waals surface area contributed by atoms with Gasteiger partial charge in [-0.1, -0.05) is 42.5 Å². The van der Waals surface area contributed by atoms with Crippen molar-refractivity contribution in [3.8, 4) is 11.1 Å². The molecule has 164 valence electrons. The van der Waals surface area contributed by atoms with Gasteiger partial charge in [-0.05, 0) is 47.4 Å². The fraction of sp³-hybridized carbons (Fsp3) is 0.231. The number of ether oxygens (including phenoxy) is 1. The van der Waals surface area contributed by atoms with E-state index in [-0.39, 0.29) is 17.4 Å². The van der Waals surface area contributed by atoms with Crippen molar-refractivity contribution >= 4 is 6.09 Å². The topological polar surface area (TPSA) is 62.4 Å². The van der Waals surface area contributed by atoms with Gasteiger partial charge in [0.25, 0.3) is 0 Å². The van der Waals surface area contributed by atoms with Crippen LogP contribution in [-0.2, 0) is 10.3 Å². The molecule has 1 unspecified atom stereocenters. The summed E-state index contributed by atoms with van der Waals surface area (Å²) in [7, 11) is 0. The van der Waals surface area contributed by atoms with Gasteiger partial charge in [0.05, 0.1) is 6.04 Å². The number of H-pyrrole nitrogens is 1. The lowest BCUT2D eigenvalue weighted by atomic mass is 9.85. The van der Waals surface area contributed by atoms with Crippen LogP contribution >= 0.6 is 0 Å². The third-order valence-corrected chi connectivity index (χ3v) is 6.10. The van der Waals surface area contributed by atoms with Crippen molar-refractivity contribution < 1.29 is 13.9 Å². The first-order valence-corrected chi connectivity index (χ1v) is 10.6. The molecule has 1 amide bonds. The molecular formula is C26H25FN2O3. The van der Waals surface area contributed by atoms with E-state index in [4.69, 9.17) is 4.74 Å². The number of hydrogen-bond acceptors (Lipinski definition) is 3. The second-order valence-corrected chi connectivity index (χ2v) is 8.04. The van der Waals surface area contributed by atoms with Crippen LogP contribution in [0.25, 0.3) is 11.1 Å². The number of rotatable bonds is 6. The quantitative estimate of drug-likeness (QED) is 0.519. The standard InChI is InChI=1S/C26H25FN2O3/c1-3-14-26(22-9-11-23(27)12-10-22)15-16-29(25(31)32-26)18(2)19-4-6-20(7-5-19)21-8-13-24(30)28-17-21/h3-13,17-18H,1,14-16H2,2H3,(H,28,30)/t18?,26-/m1/s1. The number of nitrogens with one attached hydrogen (secondary N) is 1. The molecule has 1 aromatic heterocycles. The van der Waals surface area contributed by atoms with E-state index in [9.17, 15) is 14.0 Å². The minimum atomic E-state index is -0.836. The van der Waals surface area contributed by atoms with Crippen LogP contribution in [-0.4, -0.2) is 22.5 Å². The molecule has 1 fully saturated rings. The molecule has 1 saturated heterocycles. The highest BCUT2D eigenvalue weighted by Gasteiger charge is 2.42. The van der Waals surface area contributed by atoms with Gasteiger partial charge >= 0.3 is 6.09 Å². The minimum absolute atomic E-state index is 0.143.